The Bertz CT molecular complexity index is 340. The summed E-state index contributed by atoms with van der Waals surface area (Å²) in [5.74, 6) is 1.43. The quantitative estimate of drug-likeness (QED) is 0.793. The van der Waals surface area contributed by atoms with Gasteiger partial charge in [-0.2, -0.15) is 0 Å². The van der Waals surface area contributed by atoms with E-state index in [1.807, 2.05) is 0 Å². The van der Waals surface area contributed by atoms with Crippen molar-refractivity contribution in [3.05, 3.63) is 24.1 Å². The Hall–Kier alpha value is -1.16. The molecule has 2 bridgehead atoms. The topological polar surface area (TPSA) is 34.1 Å². The number of nitrogens with one attached hydrogen (secondary N) is 1. The highest BCUT2D eigenvalue weighted by Gasteiger charge is 2.45. The zero-order valence-corrected chi connectivity index (χ0v) is 8.32. The third kappa shape index (κ3) is 1.59. The maximum Gasteiger partial charge on any atom is 0.213 e. The first-order valence-electron chi connectivity index (χ1n) is 5.32. The number of halogens is 1. The van der Waals surface area contributed by atoms with Crippen LogP contribution in [0.5, 0.6) is 5.88 Å². The molecule has 0 radical (unpaired) electrons. The molecule has 1 N–H and O–H groups in total. The SMILES string of the molecule is Fc1ccc(OC2[C@@H]3CNC[C@H]2C3)nc1. The van der Waals surface area contributed by atoms with E-state index >= 15 is 0 Å². The summed E-state index contributed by atoms with van der Waals surface area (Å²) >= 11 is 0. The van der Waals surface area contributed by atoms with Crippen molar-refractivity contribution in [3.8, 4) is 5.88 Å². The molecular weight excluding hydrogens is 195 g/mol. The molecule has 1 aromatic rings. The number of ether oxygens (including phenoxy) is 1. The number of rotatable bonds is 2. The molecule has 0 spiro atoms. The molecule has 1 aliphatic carbocycles. The standard InChI is InChI=1S/C11H13FN2O/c12-9-1-2-10(14-6-9)15-11-7-3-8(11)5-13-4-7/h1-2,6-8,11,13H,3-5H2/t7-,8+,11?. The number of pyridine rings is 1. The minimum absolute atomic E-state index is 0.282. The van der Waals surface area contributed by atoms with Gasteiger partial charge in [-0.3, -0.25) is 0 Å². The lowest BCUT2D eigenvalue weighted by molar-refractivity contribution is -0.0470. The van der Waals surface area contributed by atoms with Crippen molar-refractivity contribution in [2.45, 2.75) is 12.5 Å². The first-order valence-corrected chi connectivity index (χ1v) is 5.32. The van der Waals surface area contributed by atoms with E-state index < -0.39 is 0 Å². The molecule has 3 atom stereocenters. The summed E-state index contributed by atoms with van der Waals surface area (Å²) in [6.07, 6.45) is 2.73. The van der Waals surface area contributed by atoms with E-state index in [1.54, 1.807) is 6.07 Å². The zero-order valence-electron chi connectivity index (χ0n) is 8.32. The summed E-state index contributed by atoms with van der Waals surface area (Å²) in [7, 11) is 0. The summed E-state index contributed by atoms with van der Waals surface area (Å²) < 4.78 is 18.4. The second kappa shape index (κ2) is 3.45. The molecule has 3 nitrogen and oxygen atoms in total. The van der Waals surface area contributed by atoms with Gasteiger partial charge in [-0.05, 0) is 12.5 Å². The van der Waals surface area contributed by atoms with E-state index in [2.05, 4.69) is 10.3 Å². The van der Waals surface area contributed by atoms with Crippen LogP contribution in [0.15, 0.2) is 18.3 Å². The first kappa shape index (κ1) is 9.09. The zero-order chi connectivity index (χ0) is 10.3. The van der Waals surface area contributed by atoms with E-state index in [9.17, 15) is 4.39 Å². The Balaban J connectivity index is 1.68. The molecule has 15 heavy (non-hydrogen) atoms. The van der Waals surface area contributed by atoms with Crippen molar-refractivity contribution in [1.29, 1.82) is 0 Å². The highest BCUT2D eigenvalue weighted by Crippen LogP contribution is 2.38. The molecule has 1 unspecified atom stereocenters. The summed E-state index contributed by atoms with van der Waals surface area (Å²) in [5, 5.41) is 3.35. The fraction of sp³-hybridized carbons (Fsp3) is 0.545. The largest absolute Gasteiger partial charge is 0.474 e. The minimum atomic E-state index is -0.321. The van der Waals surface area contributed by atoms with Gasteiger partial charge in [-0.25, -0.2) is 9.37 Å². The van der Waals surface area contributed by atoms with Crippen LogP contribution in [0.4, 0.5) is 4.39 Å². The van der Waals surface area contributed by atoms with E-state index in [4.69, 9.17) is 4.74 Å². The Morgan fingerprint density at radius 2 is 2.13 bits per heavy atom. The van der Waals surface area contributed by atoms with Crippen LogP contribution in [0.1, 0.15) is 6.42 Å². The lowest BCUT2D eigenvalue weighted by Gasteiger charge is -2.48. The van der Waals surface area contributed by atoms with E-state index in [-0.39, 0.29) is 11.9 Å². The van der Waals surface area contributed by atoms with Crippen molar-refractivity contribution >= 4 is 0 Å². The van der Waals surface area contributed by atoms with Crippen molar-refractivity contribution in [2.75, 3.05) is 13.1 Å². The van der Waals surface area contributed by atoms with Crippen LogP contribution in [0.2, 0.25) is 0 Å². The average molecular weight is 208 g/mol. The molecule has 3 rings (SSSR count). The molecule has 4 heteroatoms. The van der Waals surface area contributed by atoms with Crippen LogP contribution >= 0.6 is 0 Å². The fourth-order valence-electron chi connectivity index (χ4n) is 2.46. The number of hydrogen-bond acceptors (Lipinski definition) is 3. The number of fused-ring (bicyclic) bond motifs is 2. The lowest BCUT2D eigenvalue weighted by Crippen LogP contribution is -2.59. The number of nitrogens with zero attached hydrogens (tertiary/aromatic N) is 1. The molecule has 1 aromatic heterocycles. The number of hydrogen-bond donors (Lipinski definition) is 1. The Morgan fingerprint density at radius 3 is 2.73 bits per heavy atom. The smallest absolute Gasteiger partial charge is 0.213 e. The van der Waals surface area contributed by atoms with Crippen LogP contribution in [-0.4, -0.2) is 24.2 Å². The van der Waals surface area contributed by atoms with Gasteiger partial charge in [0, 0.05) is 31.0 Å². The summed E-state index contributed by atoms with van der Waals surface area (Å²) in [6, 6.07) is 2.98. The van der Waals surface area contributed by atoms with Gasteiger partial charge in [0.2, 0.25) is 5.88 Å². The second-order valence-corrected chi connectivity index (χ2v) is 4.31. The van der Waals surface area contributed by atoms with E-state index in [0.29, 0.717) is 17.7 Å². The minimum Gasteiger partial charge on any atom is -0.474 e. The molecule has 2 aliphatic rings. The molecule has 80 valence electrons. The monoisotopic (exact) mass is 208 g/mol. The van der Waals surface area contributed by atoms with E-state index in [1.165, 1.54) is 18.7 Å². The van der Waals surface area contributed by atoms with E-state index in [0.717, 1.165) is 13.1 Å². The Kier molecular flexibility index (Phi) is 2.09. The summed E-state index contributed by atoms with van der Waals surface area (Å²) in [4.78, 5) is 3.91. The van der Waals surface area contributed by atoms with Gasteiger partial charge in [-0.15, -0.1) is 0 Å². The van der Waals surface area contributed by atoms with Gasteiger partial charge in [0.1, 0.15) is 11.9 Å². The van der Waals surface area contributed by atoms with Crippen LogP contribution in [0.3, 0.4) is 0 Å². The predicted molar refractivity (Wildman–Crippen MR) is 53.1 cm³/mol. The van der Waals surface area contributed by atoms with Gasteiger partial charge >= 0.3 is 0 Å². The molecule has 0 amide bonds. The van der Waals surface area contributed by atoms with Crippen LogP contribution in [-0.2, 0) is 0 Å². The summed E-state index contributed by atoms with van der Waals surface area (Å²) in [6.45, 7) is 2.06. The Labute approximate surface area is 87.7 Å². The van der Waals surface area contributed by atoms with Crippen molar-refractivity contribution in [1.82, 2.24) is 10.3 Å². The first-order chi connectivity index (χ1) is 7.33. The van der Waals surface area contributed by atoms with Crippen LogP contribution in [0.25, 0.3) is 0 Å². The third-order valence-electron chi connectivity index (χ3n) is 3.30. The molecule has 0 aromatic carbocycles. The number of aromatic nitrogens is 1. The summed E-state index contributed by atoms with van der Waals surface area (Å²) in [5.41, 5.74) is 0. The Morgan fingerprint density at radius 1 is 1.33 bits per heavy atom. The lowest BCUT2D eigenvalue weighted by atomic mass is 9.69. The van der Waals surface area contributed by atoms with Crippen molar-refractivity contribution in [3.63, 3.8) is 0 Å². The maximum atomic E-state index is 12.6. The molecular formula is C11H13FN2O. The van der Waals surface area contributed by atoms with Gasteiger partial charge < -0.3 is 10.1 Å². The molecule has 2 fully saturated rings. The molecule has 1 saturated carbocycles. The highest BCUT2D eigenvalue weighted by molar-refractivity contribution is 5.13. The van der Waals surface area contributed by atoms with Gasteiger partial charge in [0.05, 0.1) is 6.20 Å². The van der Waals surface area contributed by atoms with Gasteiger partial charge in [0.15, 0.2) is 0 Å². The van der Waals surface area contributed by atoms with Crippen molar-refractivity contribution in [2.24, 2.45) is 11.8 Å². The van der Waals surface area contributed by atoms with Crippen LogP contribution in [0, 0.1) is 17.7 Å². The fourth-order valence-corrected chi connectivity index (χ4v) is 2.46. The predicted octanol–water partition coefficient (Wildman–Crippen LogP) is 1.21. The normalized spacial score (nSPS) is 33.3. The average Bonchev–Trinajstić information content (AvgIpc) is 2.29. The van der Waals surface area contributed by atoms with Crippen LogP contribution < -0.4 is 10.1 Å². The second-order valence-electron chi connectivity index (χ2n) is 4.31. The number of piperidine rings is 2. The third-order valence-corrected chi connectivity index (χ3v) is 3.30. The molecule has 1 saturated heterocycles. The van der Waals surface area contributed by atoms with Gasteiger partial charge in [0.25, 0.3) is 0 Å². The van der Waals surface area contributed by atoms with Crippen molar-refractivity contribution < 1.29 is 9.13 Å². The maximum absolute atomic E-state index is 12.6. The van der Waals surface area contributed by atoms with Gasteiger partial charge in [-0.1, -0.05) is 0 Å². The molecule has 1 aliphatic heterocycles. The highest BCUT2D eigenvalue weighted by atomic mass is 19.1. The molecule has 2 heterocycles.